The number of piperazine rings is 1. The number of nitrogens with zero attached hydrogens (tertiary/aromatic N) is 2. The average Bonchev–Trinajstić information content (AvgIpc) is 3.03. The van der Waals surface area contributed by atoms with Gasteiger partial charge in [0.1, 0.15) is 0 Å². The summed E-state index contributed by atoms with van der Waals surface area (Å²) in [7, 11) is 0. The predicted molar refractivity (Wildman–Crippen MR) is 87.6 cm³/mol. The second-order valence-electron chi connectivity index (χ2n) is 5.46. The first-order valence-electron chi connectivity index (χ1n) is 7.60. The van der Waals surface area contributed by atoms with Crippen LogP contribution in [-0.2, 0) is 4.79 Å². The normalized spacial score (nSPS) is 14.7. The van der Waals surface area contributed by atoms with Crippen LogP contribution in [0.2, 0.25) is 0 Å². The van der Waals surface area contributed by atoms with Gasteiger partial charge in [0.2, 0.25) is 5.91 Å². The molecule has 2 heterocycles. The highest BCUT2D eigenvalue weighted by molar-refractivity contribution is 5.93. The second kappa shape index (κ2) is 6.56. The smallest absolute Gasteiger partial charge is 0.289 e. The summed E-state index contributed by atoms with van der Waals surface area (Å²) in [5, 5.41) is 2.53. The first-order chi connectivity index (χ1) is 11.1. The zero-order valence-corrected chi connectivity index (χ0v) is 13.0. The van der Waals surface area contributed by atoms with Crippen LogP contribution in [0.3, 0.4) is 0 Å². The Morgan fingerprint density at radius 1 is 1.00 bits per heavy atom. The Kier molecular flexibility index (Phi) is 4.32. The van der Waals surface area contributed by atoms with E-state index in [1.165, 1.54) is 12.6 Å². The summed E-state index contributed by atoms with van der Waals surface area (Å²) in [6, 6.07) is 13.4. The Morgan fingerprint density at radius 2 is 1.70 bits per heavy atom. The van der Waals surface area contributed by atoms with Crippen molar-refractivity contribution in [1.82, 2.24) is 4.90 Å². The molecule has 1 N–H and O–H groups in total. The van der Waals surface area contributed by atoms with Crippen LogP contribution < -0.4 is 10.2 Å². The Labute approximate surface area is 134 Å². The molecule has 1 fully saturated rings. The minimum absolute atomic E-state index is 0.144. The van der Waals surface area contributed by atoms with E-state index in [1.54, 1.807) is 17.0 Å². The first kappa shape index (κ1) is 15.1. The molecule has 1 aromatic heterocycles. The number of nitrogens with one attached hydrogen (secondary N) is 1. The maximum absolute atomic E-state index is 12.4. The molecule has 1 aromatic carbocycles. The number of amides is 2. The molecule has 2 aromatic rings. The van der Waals surface area contributed by atoms with E-state index in [-0.39, 0.29) is 17.6 Å². The number of benzene rings is 1. The van der Waals surface area contributed by atoms with E-state index in [4.69, 9.17) is 4.42 Å². The summed E-state index contributed by atoms with van der Waals surface area (Å²) < 4.78 is 5.38. The zero-order valence-electron chi connectivity index (χ0n) is 13.0. The van der Waals surface area contributed by atoms with Crippen molar-refractivity contribution in [3.63, 3.8) is 0 Å². The van der Waals surface area contributed by atoms with Gasteiger partial charge in [0.25, 0.3) is 5.91 Å². The van der Waals surface area contributed by atoms with Crippen molar-refractivity contribution in [3.8, 4) is 0 Å². The number of para-hydroxylation sites is 1. The number of hydrogen-bond donors (Lipinski definition) is 1. The third-order valence-electron chi connectivity index (χ3n) is 3.80. The van der Waals surface area contributed by atoms with E-state index in [2.05, 4.69) is 22.3 Å². The molecule has 0 unspecified atom stereocenters. The number of hydrogen-bond acceptors (Lipinski definition) is 4. The lowest BCUT2D eigenvalue weighted by Crippen LogP contribution is -2.48. The highest BCUT2D eigenvalue weighted by atomic mass is 16.4. The summed E-state index contributed by atoms with van der Waals surface area (Å²) >= 11 is 0. The Balaban J connectivity index is 1.60. The predicted octanol–water partition coefficient (Wildman–Crippen LogP) is 2.20. The highest BCUT2D eigenvalue weighted by Gasteiger charge is 2.24. The van der Waals surface area contributed by atoms with Crippen LogP contribution in [0.25, 0.3) is 0 Å². The summed E-state index contributed by atoms with van der Waals surface area (Å²) in [5.41, 5.74) is 1.17. The van der Waals surface area contributed by atoms with Gasteiger partial charge < -0.3 is 14.2 Å². The van der Waals surface area contributed by atoms with Crippen LogP contribution in [0.5, 0.6) is 0 Å². The number of furan rings is 1. The monoisotopic (exact) mass is 313 g/mol. The van der Waals surface area contributed by atoms with Crippen LogP contribution in [-0.4, -0.2) is 42.9 Å². The van der Waals surface area contributed by atoms with Crippen molar-refractivity contribution < 1.29 is 14.0 Å². The fourth-order valence-corrected chi connectivity index (χ4v) is 2.66. The van der Waals surface area contributed by atoms with Gasteiger partial charge in [-0.3, -0.25) is 14.9 Å². The minimum Gasteiger partial charge on any atom is -0.435 e. The first-order valence-corrected chi connectivity index (χ1v) is 7.60. The van der Waals surface area contributed by atoms with Crippen molar-refractivity contribution in [2.24, 2.45) is 0 Å². The molecule has 0 atom stereocenters. The van der Waals surface area contributed by atoms with Gasteiger partial charge >= 0.3 is 0 Å². The third kappa shape index (κ3) is 3.53. The van der Waals surface area contributed by atoms with Crippen LogP contribution >= 0.6 is 0 Å². The molecule has 0 spiro atoms. The number of carbonyl (C=O) groups is 2. The fourth-order valence-electron chi connectivity index (χ4n) is 2.66. The molecule has 0 radical (unpaired) electrons. The molecule has 0 aliphatic carbocycles. The zero-order chi connectivity index (χ0) is 16.2. The molecule has 23 heavy (non-hydrogen) atoms. The van der Waals surface area contributed by atoms with E-state index in [9.17, 15) is 9.59 Å². The Morgan fingerprint density at radius 3 is 2.35 bits per heavy atom. The summed E-state index contributed by atoms with van der Waals surface area (Å²) in [6.07, 6.45) is 0. The number of anilines is 2. The molecule has 0 bridgehead atoms. The lowest BCUT2D eigenvalue weighted by atomic mass is 10.2. The van der Waals surface area contributed by atoms with Crippen LogP contribution in [0, 0.1) is 0 Å². The molecule has 1 saturated heterocycles. The van der Waals surface area contributed by atoms with Gasteiger partial charge in [-0.1, -0.05) is 18.2 Å². The maximum atomic E-state index is 12.4. The lowest BCUT2D eigenvalue weighted by molar-refractivity contribution is -0.114. The molecular formula is C17H19N3O3. The lowest BCUT2D eigenvalue weighted by Gasteiger charge is -2.35. The quantitative estimate of drug-likeness (QED) is 0.943. The molecule has 3 rings (SSSR count). The Hall–Kier alpha value is -2.76. The molecule has 2 amide bonds. The van der Waals surface area contributed by atoms with Gasteiger partial charge in [-0.15, -0.1) is 0 Å². The van der Waals surface area contributed by atoms with Crippen molar-refractivity contribution in [2.45, 2.75) is 6.92 Å². The van der Waals surface area contributed by atoms with Crippen molar-refractivity contribution >= 4 is 23.4 Å². The van der Waals surface area contributed by atoms with E-state index in [0.717, 1.165) is 13.1 Å². The average molecular weight is 313 g/mol. The standard InChI is InChI=1S/C17H19N3O3/c1-13(21)18-16-8-7-15(23-16)17(22)20-11-9-19(10-12-20)14-5-3-2-4-6-14/h2-8H,9-12H2,1H3,(H,18,21). The van der Waals surface area contributed by atoms with Gasteiger partial charge in [0, 0.05) is 44.9 Å². The van der Waals surface area contributed by atoms with E-state index >= 15 is 0 Å². The van der Waals surface area contributed by atoms with Gasteiger partial charge in [-0.05, 0) is 18.2 Å². The van der Waals surface area contributed by atoms with Gasteiger partial charge in [-0.25, -0.2) is 0 Å². The van der Waals surface area contributed by atoms with Crippen molar-refractivity contribution in [3.05, 3.63) is 48.2 Å². The molecule has 0 saturated carbocycles. The maximum Gasteiger partial charge on any atom is 0.289 e. The SMILES string of the molecule is CC(=O)Nc1ccc(C(=O)N2CCN(c3ccccc3)CC2)o1. The van der Waals surface area contributed by atoms with Gasteiger partial charge in [0.05, 0.1) is 0 Å². The molecular weight excluding hydrogens is 294 g/mol. The van der Waals surface area contributed by atoms with Crippen LogP contribution in [0.1, 0.15) is 17.5 Å². The molecule has 120 valence electrons. The highest BCUT2D eigenvalue weighted by Crippen LogP contribution is 2.19. The molecule has 6 nitrogen and oxygen atoms in total. The van der Waals surface area contributed by atoms with E-state index < -0.39 is 0 Å². The Bertz CT molecular complexity index is 688. The van der Waals surface area contributed by atoms with Crippen LogP contribution in [0.15, 0.2) is 46.9 Å². The summed E-state index contributed by atoms with van der Waals surface area (Å²) in [4.78, 5) is 27.5. The van der Waals surface area contributed by atoms with Crippen molar-refractivity contribution in [2.75, 3.05) is 36.4 Å². The summed E-state index contributed by atoms with van der Waals surface area (Å²) in [6.45, 7) is 4.25. The summed E-state index contributed by atoms with van der Waals surface area (Å²) in [5.74, 6) is 0.176. The second-order valence-corrected chi connectivity index (χ2v) is 5.46. The molecule has 6 heteroatoms. The van der Waals surface area contributed by atoms with Gasteiger partial charge in [-0.2, -0.15) is 0 Å². The molecule has 1 aliphatic heterocycles. The van der Waals surface area contributed by atoms with E-state index in [0.29, 0.717) is 19.0 Å². The topological polar surface area (TPSA) is 65.8 Å². The van der Waals surface area contributed by atoms with Gasteiger partial charge in [0.15, 0.2) is 11.6 Å². The largest absolute Gasteiger partial charge is 0.435 e. The minimum atomic E-state index is -0.227. The number of rotatable bonds is 3. The third-order valence-corrected chi connectivity index (χ3v) is 3.80. The van der Waals surface area contributed by atoms with Crippen molar-refractivity contribution in [1.29, 1.82) is 0 Å². The fraction of sp³-hybridized carbons (Fsp3) is 0.294. The van der Waals surface area contributed by atoms with E-state index in [1.807, 2.05) is 18.2 Å². The number of carbonyl (C=O) groups excluding carboxylic acids is 2. The molecule has 1 aliphatic rings. The van der Waals surface area contributed by atoms with Crippen LogP contribution in [0.4, 0.5) is 11.6 Å².